The van der Waals surface area contributed by atoms with E-state index in [4.69, 9.17) is 10.3 Å². The fourth-order valence-electron chi connectivity index (χ4n) is 1.80. The van der Waals surface area contributed by atoms with Crippen LogP contribution in [0.4, 0.5) is 0 Å². The van der Waals surface area contributed by atoms with Crippen molar-refractivity contribution in [3.05, 3.63) is 18.3 Å². The van der Waals surface area contributed by atoms with Crippen molar-refractivity contribution >= 4 is 0 Å². The molecule has 2 aromatic heterocycles. The Morgan fingerprint density at radius 3 is 2.89 bits per heavy atom. The van der Waals surface area contributed by atoms with Crippen molar-refractivity contribution in [2.24, 2.45) is 11.1 Å². The number of imidazole rings is 1. The molecule has 18 heavy (non-hydrogen) atoms. The average Bonchev–Trinajstić information content (AvgIpc) is 2.97. The first-order valence-electron chi connectivity index (χ1n) is 6.13. The van der Waals surface area contributed by atoms with Crippen LogP contribution in [0.2, 0.25) is 0 Å². The van der Waals surface area contributed by atoms with Gasteiger partial charge in [-0.25, -0.2) is 4.98 Å². The molecule has 0 aliphatic carbocycles. The number of H-pyrrole nitrogens is 1. The van der Waals surface area contributed by atoms with Crippen LogP contribution in [-0.4, -0.2) is 26.7 Å². The summed E-state index contributed by atoms with van der Waals surface area (Å²) in [6.07, 6.45) is 6.13. The fraction of sp³-hybridized carbons (Fsp3) is 0.583. The molecule has 98 valence electrons. The second-order valence-corrected chi connectivity index (χ2v) is 5.15. The molecule has 0 aliphatic heterocycles. The van der Waals surface area contributed by atoms with E-state index in [2.05, 4.69) is 34.0 Å². The number of aryl methyl sites for hydroxylation is 1. The third-order valence-corrected chi connectivity index (χ3v) is 3.01. The van der Waals surface area contributed by atoms with Gasteiger partial charge in [0.1, 0.15) is 0 Å². The zero-order chi connectivity index (χ0) is 13.0. The summed E-state index contributed by atoms with van der Waals surface area (Å²) >= 11 is 0. The van der Waals surface area contributed by atoms with Crippen LogP contribution in [0.5, 0.6) is 0 Å². The highest BCUT2D eigenvalue weighted by atomic mass is 16.5. The van der Waals surface area contributed by atoms with Crippen molar-refractivity contribution in [1.29, 1.82) is 0 Å². The van der Waals surface area contributed by atoms with Gasteiger partial charge in [-0.3, -0.25) is 0 Å². The minimum atomic E-state index is 0.202. The van der Waals surface area contributed by atoms with Crippen LogP contribution in [-0.2, 0) is 6.42 Å². The molecule has 0 amide bonds. The van der Waals surface area contributed by atoms with Gasteiger partial charge in [0.2, 0.25) is 11.7 Å². The van der Waals surface area contributed by atoms with Crippen molar-refractivity contribution in [1.82, 2.24) is 20.1 Å². The summed E-state index contributed by atoms with van der Waals surface area (Å²) in [7, 11) is 0. The van der Waals surface area contributed by atoms with Gasteiger partial charge in [-0.15, -0.1) is 0 Å². The lowest BCUT2D eigenvalue weighted by Crippen LogP contribution is -2.17. The number of hydrogen-bond donors (Lipinski definition) is 2. The van der Waals surface area contributed by atoms with E-state index in [9.17, 15) is 0 Å². The van der Waals surface area contributed by atoms with Crippen LogP contribution in [0, 0.1) is 5.41 Å². The molecule has 6 nitrogen and oxygen atoms in total. The number of rotatable bonds is 6. The molecule has 2 aromatic rings. The van der Waals surface area contributed by atoms with Gasteiger partial charge in [0.25, 0.3) is 0 Å². The third kappa shape index (κ3) is 3.16. The van der Waals surface area contributed by atoms with Crippen LogP contribution >= 0.6 is 0 Å². The van der Waals surface area contributed by atoms with Gasteiger partial charge in [0, 0.05) is 18.8 Å². The molecule has 0 saturated heterocycles. The Labute approximate surface area is 106 Å². The Morgan fingerprint density at radius 1 is 1.39 bits per heavy atom. The van der Waals surface area contributed by atoms with Crippen molar-refractivity contribution in [2.75, 3.05) is 6.54 Å². The summed E-state index contributed by atoms with van der Waals surface area (Å²) in [5.74, 6) is 1.78. The Kier molecular flexibility index (Phi) is 3.76. The zero-order valence-electron chi connectivity index (χ0n) is 10.8. The second kappa shape index (κ2) is 5.30. The van der Waals surface area contributed by atoms with E-state index in [0.29, 0.717) is 24.1 Å². The molecule has 0 fully saturated rings. The van der Waals surface area contributed by atoms with E-state index in [1.807, 2.05) is 0 Å². The quantitative estimate of drug-likeness (QED) is 0.813. The monoisotopic (exact) mass is 249 g/mol. The molecule has 6 heteroatoms. The van der Waals surface area contributed by atoms with E-state index in [-0.39, 0.29) is 5.41 Å². The van der Waals surface area contributed by atoms with Gasteiger partial charge in [0.05, 0.1) is 0 Å². The van der Waals surface area contributed by atoms with E-state index in [1.165, 1.54) is 0 Å². The molecule has 0 atom stereocenters. The maximum absolute atomic E-state index is 5.59. The number of aromatic nitrogens is 4. The highest BCUT2D eigenvalue weighted by molar-refractivity contribution is 5.40. The van der Waals surface area contributed by atoms with Crippen LogP contribution in [0.3, 0.4) is 0 Å². The van der Waals surface area contributed by atoms with Crippen LogP contribution in [0.1, 0.15) is 32.6 Å². The highest BCUT2D eigenvalue weighted by Gasteiger charge is 2.19. The molecule has 3 N–H and O–H groups in total. The van der Waals surface area contributed by atoms with Gasteiger partial charge in [0.15, 0.2) is 5.82 Å². The van der Waals surface area contributed by atoms with Crippen molar-refractivity contribution in [3.63, 3.8) is 0 Å². The fourth-order valence-corrected chi connectivity index (χ4v) is 1.80. The van der Waals surface area contributed by atoms with E-state index < -0.39 is 0 Å². The second-order valence-electron chi connectivity index (χ2n) is 5.15. The van der Waals surface area contributed by atoms with Crippen molar-refractivity contribution < 1.29 is 4.52 Å². The zero-order valence-corrected chi connectivity index (χ0v) is 10.8. The van der Waals surface area contributed by atoms with Gasteiger partial charge >= 0.3 is 0 Å². The Bertz CT molecular complexity index is 474. The lowest BCUT2D eigenvalue weighted by atomic mass is 9.84. The number of aromatic amines is 1. The summed E-state index contributed by atoms with van der Waals surface area (Å²) in [5.41, 5.74) is 5.79. The Balaban J connectivity index is 1.95. The molecule has 0 spiro atoms. The van der Waals surface area contributed by atoms with E-state index >= 15 is 0 Å². The van der Waals surface area contributed by atoms with Gasteiger partial charge in [-0.05, 0) is 24.8 Å². The first-order valence-corrected chi connectivity index (χ1v) is 6.13. The van der Waals surface area contributed by atoms with Crippen LogP contribution < -0.4 is 5.73 Å². The summed E-state index contributed by atoms with van der Waals surface area (Å²) in [6.45, 7) is 5.10. The first kappa shape index (κ1) is 12.8. The predicted molar refractivity (Wildman–Crippen MR) is 67.7 cm³/mol. The topological polar surface area (TPSA) is 93.6 Å². The molecule has 0 saturated carbocycles. The Morgan fingerprint density at radius 2 is 2.22 bits per heavy atom. The first-order chi connectivity index (χ1) is 8.61. The van der Waals surface area contributed by atoms with Crippen LogP contribution in [0.15, 0.2) is 16.9 Å². The Hall–Kier alpha value is -1.69. The lowest BCUT2D eigenvalue weighted by Gasteiger charge is -2.22. The molecule has 2 heterocycles. The standard InChI is InChI=1S/C12H19N5O/c1-12(2,5-6-13)4-3-9-16-11(17-18-9)10-14-7-8-15-10/h7-8H,3-6,13H2,1-2H3,(H,14,15). The van der Waals surface area contributed by atoms with Crippen LogP contribution in [0.25, 0.3) is 11.6 Å². The summed E-state index contributed by atoms with van der Waals surface area (Å²) in [6, 6.07) is 0. The molecular weight excluding hydrogens is 230 g/mol. The summed E-state index contributed by atoms with van der Waals surface area (Å²) in [5, 5.41) is 3.90. The lowest BCUT2D eigenvalue weighted by molar-refractivity contribution is 0.289. The molecular formula is C12H19N5O. The van der Waals surface area contributed by atoms with E-state index in [0.717, 1.165) is 19.3 Å². The smallest absolute Gasteiger partial charge is 0.238 e. The number of nitrogens with one attached hydrogen (secondary N) is 1. The minimum absolute atomic E-state index is 0.202. The van der Waals surface area contributed by atoms with Crippen molar-refractivity contribution in [2.45, 2.75) is 33.1 Å². The van der Waals surface area contributed by atoms with Crippen molar-refractivity contribution in [3.8, 4) is 11.6 Å². The molecule has 0 aromatic carbocycles. The molecule has 0 radical (unpaired) electrons. The highest BCUT2D eigenvalue weighted by Crippen LogP contribution is 2.26. The van der Waals surface area contributed by atoms with E-state index in [1.54, 1.807) is 12.4 Å². The van der Waals surface area contributed by atoms with Gasteiger partial charge < -0.3 is 15.2 Å². The molecule has 0 bridgehead atoms. The number of hydrogen-bond acceptors (Lipinski definition) is 5. The number of nitrogens with two attached hydrogens (primary N) is 1. The normalized spacial score (nSPS) is 11.9. The summed E-state index contributed by atoms with van der Waals surface area (Å²) in [4.78, 5) is 11.3. The predicted octanol–water partition coefficient (Wildman–Crippen LogP) is 1.77. The molecule has 2 rings (SSSR count). The minimum Gasteiger partial charge on any atom is -0.342 e. The molecule has 0 unspecified atom stereocenters. The third-order valence-electron chi connectivity index (χ3n) is 3.01. The maximum Gasteiger partial charge on any atom is 0.238 e. The summed E-state index contributed by atoms with van der Waals surface area (Å²) < 4.78 is 5.21. The average molecular weight is 249 g/mol. The van der Waals surface area contributed by atoms with Gasteiger partial charge in [-0.1, -0.05) is 19.0 Å². The SMILES string of the molecule is CC(C)(CCN)CCc1nc(-c2ncc[nH]2)no1. The largest absolute Gasteiger partial charge is 0.342 e. The number of nitrogens with zero attached hydrogens (tertiary/aromatic N) is 3. The molecule has 0 aliphatic rings. The maximum atomic E-state index is 5.59. The van der Waals surface area contributed by atoms with Gasteiger partial charge in [-0.2, -0.15) is 4.98 Å².